The first kappa shape index (κ1) is 17.2. The van der Waals surface area contributed by atoms with Crippen molar-refractivity contribution in [2.45, 2.75) is 24.7 Å². The topological polar surface area (TPSA) is 60.5 Å². The molecule has 4 rings (SSSR count). The van der Waals surface area contributed by atoms with Crippen LogP contribution in [0.5, 0.6) is 11.5 Å². The average molecular weight is 386 g/mol. The van der Waals surface area contributed by atoms with Crippen LogP contribution in [-0.2, 0) is 4.79 Å². The molecule has 134 valence electrons. The number of amides is 1. The van der Waals surface area contributed by atoms with Gasteiger partial charge in [-0.3, -0.25) is 4.79 Å². The minimum Gasteiger partial charge on any atom is -0.454 e. The highest BCUT2D eigenvalue weighted by molar-refractivity contribution is 7.99. The SMILES string of the molecule is Cc1ccc(SCCCC(=O)Nc2nc3cc4c(cc3s2)OCO4)cc1. The Labute approximate surface area is 159 Å². The monoisotopic (exact) mass is 386 g/mol. The Morgan fingerprint density at radius 3 is 2.81 bits per heavy atom. The van der Waals surface area contributed by atoms with Gasteiger partial charge in [0.15, 0.2) is 16.6 Å². The van der Waals surface area contributed by atoms with Gasteiger partial charge in [-0.1, -0.05) is 29.0 Å². The molecule has 7 heteroatoms. The summed E-state index contributed by atoms with van der Waals surface area (Å²) in [6, 6.07) is 12.2. The molecular weight excluding hydrogens is 368 g/mol. The van der Waals surface area contributed by atoms with E-state index in [1.807, 2.05) is 12.1 Å². The fourth-order valence-electron chi connectivity index (χ4n) is 2.61. The fourth-order valence-corrected chi connectivity index (χ4v) is 4.36. The lowest BCUT2D eigenvalue weighted by Crippen LogP contribution is -2.11. The number of carbonyl (C=O) groups is 1. The Hall–Kier alpha value is -2.25. The molecule has 3 aromatic rings. The van der Waals surface area contributed by atoms with Gasteiger partial charge in [0.1, 0.15) is 0 Å². The number of nitrogens with zero attached hydrogens (tertiary/aromatic N) is 1. The first-order valence-electron chi connectivity index (χ1n) is 8.37. The Kier molecular flexibility index (Phi) is 4.99. The zero-order valence-electron chi connectivity index (χ0n) is 14.3. The third-order valence-electron chi connectivity index (χ3n) is 3.97. The highest BCUT2D eigenvalue weighted by Crippen LogP contribution is 2.38. The quantitative estimate of drug-likeness (QED) is 0.485. The molecule has 1 aromatic heterocycles. The number of ether oxygens (including phenoxy) is 2. The van der Waals surface area contributed by atoms with Gasteiger partial charge in [0.25, 0.3) is 0 Å². The maximum Gasteiger partial charge on any atom is 0.231 e. The predicted molar refractivity (Wildman–Crippen MR) is 106 cm³/mol. The van der Waals surface area contributed by atoms with E-state index in [2.05, 4.69) is 41.5 Å². The normalized spacial score (nSPS) is 12.5. The largest absolute Gasteiger partial charge is 0.454 e. The number of fused-ring (bicyclic) bond motifs is 2. The first-order valence-corrected chi connectivity index (χ1v) is 10.2. The zero-order chi connectivity index (χ0) is 17.9. The predicted octanol–water partition coefficient (Wildman–Crippen LogP) is 4.84. The van der Waals surface area contributed by atoms with Crippen LogP contribution in [0.3, 0.4) is 0 Å². The lowest BCUT2D eigenvalue weighted by atomic mass is 10.2. The number of aromatic nitrogens is 1. The lowest BCUT2D eigenvalue weighted by molar-refractivity contribution is -0.116. The summed E-state index contributed by atoms with van der Waals surface area (Å²) in [6.07, 6.45) is 1.31. The number of aryl methyl sites for hydroxylation is 1. The summed E-state index contributed by atoms with van der Waals surface area (Å²) < 4.78 is 11.7. The molecule has 0 fully saturated rings. The van der Waals surface area contributed by atoms with Crippen LogP contribution in [0.25, 0.3) is 10.2 Å². The van der Waals surface area contributed by atoms with Crippen LogP contribution in [0.2, 0.25) is 0 Å². The van der Waals surface area contributed by atoms with Gasteiger partial charge in [-0.15, -0.1) is 11.8 Å². The van der Waals surface area contributed by atoms with Crippen molar-refractivity contribution in [2.24, 2.45) is 0 Å². The standard InChI is InChI=1S/C19H18N2O3S2/c1-12-4-6-13(7-5-12)25-8-2-3-18(22)21-19-20-14-9-15-16(24-11-23-15)10-17(14)26-19/h4-7,9-10H,2-3,8,11H2,1H3,(H,20,21,22). The zero-order valence-corrected chi connectivity index (χ0v) is 15.9. The summed E-state index contributed by atoms with van der Waals surface area (Å²) in [5.74, 6) is 2.34. The minimum atomic E-state index is -0.00592. The van der Waals surface area contributed by atoms with Crippen molar-refractivity contribution in [3.8, 4) is 11.5 Å². The van der Waals surface area contributed by atoms with Crippen molar-refractivity contribution >= 4 is 44.4 Å². The highest BCUT2D eigenvalue weighted by atomic mass is 32.2. The second-order valence-corrected chi connectivity index (χ2v) is 8.20. The molecule has 1 N–H and O–H groups in total. The molecule has 5 nitrogen and oxygen atoms in total. The Bertz CT molecular complexity index is 897. The molecule has 0 bridgehead atoms. The maximum absolute atomic E-state index is 12.1. The lowest BCUT2D eigenvalue weighted by Gasteiger charge is -2.03. The number of rotatable bonds is 6. The summed E-state index contributed by atoms with van der Waals surface area (Å²) in [5.41, 5.74) is 2.07. The molecule has 1 aliphatic heterocycles. The molecule has 0 radical (unpaired) electrons. The molecule has 0 spiro atoms. The van der Waals surface area contributed by atoms with E-state index in [0.717, 1.165) is 28.1 Å². The van der Waals surface area contributed by atoms with E-state index in [4.69, 9.17) is 9.47 Å². The molecule has 26 heavy (non-hydrogen) atoms. The number of hydrogen-bond acceptors (Lipinski definition) is 6. The molecule has 0 atom stereocenters. The van der Waals surface area contributed by atoms with Crippen LogP contribution in [-0.4, -0.2) is 23.4 Å². The number of nitrogens with one attached hydrogen (secondary N) is 1. The second kappa shape index (κ2) is 7.55. The van der Waals surface area contributed by atoms with E-state index < -0.39 is 0 Å². The van der Waals surface area contributed by atoms with E-state index >= 15 is 0 Å². The summed E-state index contributed by atoms with van der Waals surface area (Å²) in [6.45, 7) is 2.32. The third-order valence-corrected chi connectivity index (χ3v) is 6.00. The van der Waals surface area contributed by atoms with E-state index in [0.29, 0.717) is 17.3 Å². The van der Waals surface area contributed by atoms with Crippen molar-refractivity contribution < 1.29 is 14.3 Å². The van der Waals surface area contributed by atoms with Crippen molar-refractivity contribution in [1.29, 1.82) is 0 Å². The fraction of sp³-hybridized carbons (Fsp3) is 0.263. The molecule has 0 unspecified atom stereocenters. The van der Waals surface area contributed by atoms with E-state index in [-0.39, 0.29) is 12.7 Å². The van der Waals surface area contributed by atoms with E-state index in [9.17, 15) is 4.79 Å². The molecule has 0 saturated carbocycles. The Morgan fingerprint density at radius 1 is 1.23 bits per heavy atom. The van der Waals surface area contributed by atoms with Gasteiger partial charge in [-0.05, 0) is 31.2 Å². The Balaban J connectivity index is 1.28. The van der Waals surface area contributed by atoms with Gasteiger partial charge in [0.2, 0.25) is 12.7 Å². The van der Waals surface area contributed by atoms with Crippen LogP contribution >= 0.6 is 23.1 Å². The summed E-state index contributed by atoms with van der Waals surface area (Å²) in [4.78, 5) is 17.8. The molecule has 0 saturated heterocycles. The Morgan fingerprint density at radius 2 is 2.00 bits per heavy atom. The summed E-state index contributed by atoms with van der Waals surface area (Å²) in [7, 11) is 0. The molecule has 0 aliphatic carbocycles. The highest BCUT2D eigenvalue weighted by Gasteiger charge is 2.17. The summed E-state index contributed by atoms with van der Waals surface area (Å²) in [5, 5.41) is 3.50. The van der Waals surface area contributed by atoms with Gasteiger partial charge in [0, 0.05) is 23.4 Å². The van der Waals surface area contributed by atoms with Crippen LogP contribution in [0.4, 0.5) is 5.13 Å². The number of thiazole rings is 1. The third kappa shape index (κ3) is 3.94. The molecular formula is C19H18N2O3S2. The molecule has 2 aromatic carbocycles. The number of benzene rings is 2. The second-order valence-electron chi connectivity index (χ2n) is 6.01. The molecule has 2 heterocycles. The van der Waals surface area contributed by atoms with Gasteiger partial charge < -0.3 is 14.8 Å². The number of carbonyl (C=O) groups excluding carboxylic acids is 1. The van der Waals surface area contributed by atoms with Gasteiger partial charge >= 0.3 is 0 Å². The average Bonchev–Trinajstić information content (AvgIpc) is 3.23. The van der Waals surface area contributed by atoms with Crippen LogP contribution in [0.1, 0.15) is 18.4 Å². The minimum absolute atomic E-state index is 0.00592. The van der Waals surface area contributed by atoms with Crippen LogP contribution < -0.4 is 14.8 Å². The van der Waals surface area contributed by atoms with Gasteiger partial charge in [-0.25, -0.2) is 4.98 Å². The van der Waals surface area contributed by atoms with Crippen molar-refractivity contribution in [3.63, 3.8) is 0 Å². The number of hydrogen-bond donors (Lipinski definition) is 1. The smallest absolute Gasteiger partial charge is 0.231 e. The molecule has 1 aliphatic rings. The van der Waals surface area contributed by atoms with Crippen LogP contribution in [0.15, 0.2) is 41.3 Å². The van der Waals surface area contributed by atoms with Gasteiger partial charge in [0.05, 0.1) is 10.2 Å². The molecule has 1 amide bonds. The number of thioether (sulfide) groups is 1. The first-order chi connectivity index (χ1) is 12.7. The van der Waals surface area contributed by atoms with Crippen molar-refractivity contribution in [2.75, 3.05) is 17.9 Å². The maximum atomic E-state index is 12.1. The van der Waals surface area contributed by atoms with Crippen molar-refractivity contribution in [3.05, 3.63) is 42.0 Å². The summed E-state index contributed by atoms with van der Waals surface area (Å²) >= 11 is 3.22. The van der Waals surface area contributed by atoms with Gasteiger partial charge in [-0.2, -0.15) is 0 Å². The number of anilines is 1. The van der Waals surface area contributed by atoms with Crippen LogP contribution in [0, 0.1) is 6.92 Å². The van der Waals surface area contributed by atoms with E-state index in [1.165, 1.54) is 21.8 Å². The van der Waals surface area contributed by atoms with E-state index in [1.54, 1.807) is 11.8 Å². The van der Waals surface area contributed by atoms with Crippen molar-refractivity contribution in [1.82, 2.24) is 4.98 Å².